The summed E-state index contributed by atoms with van der Waals surface area (Å²) < 4.78 is 26.1. The molecule has 0 radical (unpaired) electrons. The van der Waals surface area contributed by atoms with Crippen LogP contribution in [-0.2, 0) is 6.54 Å². The Kier molecular flexibility index (Phi) is 5.38. The van der Waals surface area contributed by atoms with Crippen LogP contribution in [-0.4, -0.2) is 15.9 Å². The molecule has 26 heavy (non-hydrogen) atoms. The van der Waals surface area contributed by atoms with Crippen molar-refractivity contribution in [1.29, 1.82) is 0 Å². The van der Waals surface area contributed by atoms with Crippen molar-refractivity contribution in [3.63, 3.8) is 0 Å². The van der Waals surface area contributed by atoms with E-state index in [9.17, 15) is 13.6 Å². The van der Waals surface area contributed by atoms with E-state index < -0.39 is 11.7 Å². The third-order valence-electron chi connectivity index (χ3n) is 3.43. The van der Waals surface area contributed by atoms with Crippen molar-refractivity contribution in [1.82, 2.24) is 15.3 Å². The number of hydrogen-bond donors (Lipinski definition) is 2. The Hall–Kier alpha value is -3.06. The fourth-order valence-electron chi connectivity index (χ4n) is 2.12. The molecule has 1 heterocycles. The second-order valence-corrected chi connectivity index (χ2v) is 5.74. The molecule has 0 aliphatic carbocycles. The minimum atomic E-state index is -0.535. The lowest BCUT2D eigenvalue weighted by Crippen LogP contribution is -2.24. The second-order valence-electron chi connectivity index (χ2n) is 5.33. The van der Waals surface area contributed by atoms with Crippen molar-refractivity contribution in [3.05, 3.63) is 82.6 Å². The van der Waals surface area contributed by atoms with Crippen LogP contribution in [0.15, 0.2) is 54.7 Å². The number of carbonyl (C=O) groups excluding carboxylic acids is 1. The van der Waals surface area contributed by atoms with E-state index in [1.165, 1.54) is 42.6 Å². The molecule has 2 aromatic carbocycles. The Morgan fingerprint density at radius 3 is 2.58 bits per heavy atom. The van der Waals surface area contributed by atoms with E-state index in [4.69, 9.17) is 11.6 Å². The first-order valence-electron chi connectivity index (χ1n) is 7.59. The third-order valence-corrected chi connectivity index (χ3v) is 3.72. The summed E-state index contributed by atoms with van der Waals surface area (Å²) in [7, 11) is 0. The van der Waals surface area contributed by atoms with Crippen LogP contribution in [0, 0.1) is 11.6 Å². The third kappa shape index (κ3) is 4.52. The zero-order valence-corrected chi connectivity index (χ0v) is 14.1. The Bertz CT molecular complexity index is 935. The molecule has 0 aliphatic rings. The fraction of sp³-hybridized carbons (Fsp3) is 0.0556. The summed E-state index contributed by atoms with van der Waals surface area (Å²) in [6.07, 6.45) is 1.42. The highest BCUT2D eigenvalue weighted by Gasteiger charge is 2.09. The smallest absolute Gasteiger partial charge is 0.270 e. The van der Waals surface area contributed by atoms with Crippen molar-refractivity contribution in [2.45, 2.75) is 6.54 Å². The van der Waals surface area contributed by atoms with Gasteiger partial charge < -0.3 is 10.6 Å². The zero-order chi connectivity index (χ0) is 18.5. The van der Waals surface area contributed by atoms with Gasteiger partial charge in [-0.3, -0.25) is 4.79 Å². The van der Waals surface area contributed by atoms with Gasteiger partial charge in [0.2, 0.25) is 5.95 Å². The molecule has 0 spiro atoms. The predicted molar refractivity (Wildman–Crippen MR) is 94.3 cm³/mol. The first kappa shape index (κ1) is 17.8. The van der Waals surface area contributed by atoms with Crippen LogP contribution in [0.1, 0.15) is 16.1 Å². The summed E-state index contributed by atoms with van der Waals surface area (Å²) in [6, 6.07) is 11.4. The molecule has 1 aromatic heterocycles. The number of amides is 1. The monoisotopic (exact) mass is 374 g/mol. The SMILES string of the molecule is O=C(NCc1ccc(F)cc1)c1ccnc(Nc2ccc(F)c(Cl)c2)n1. The van der Waals surface area contributed by atoms with Gasteiger partial charge in [-0.25, -0.2) is 18.7 Å². The van der Waals surface area contributed by atoms with Crippen molar-refractivity contribution in [2.24, 2.45) is 0 Å². The fourth-order valence-corrected chi connectivity index (χ4v) is 2.30. The summed E-state index contributed by atoms with van der Waals surface area (Å²) in [5, 5.41) is 5.51. The van der Waals surface area contributed by atoms with Gasteiger partial charge in [-0.05, 0) is 42.0 Å². The zero-order valence-electron chi connectivity index (χ0n) is 13.3. The topological polar surface area (TPSA) is 66.9 Å². The molecule has 3 aromatic rings. The van der Waals surface area contributed by atoms with Crippen LogP contribution < -0.4 is 10.6 Å². The van der Waals surface area contributed by atoms with Crippen molar-refractivity contribution in [2.75, 3.05) is 5.32 Å². The van der Waals surface area contributed by atoms with Gasteiger partial charge in [-0.2, -0.15) is 0 Å². The van der Waals surface area contributed by atoms with Gasteiger partial charge in [0.1, 0.15) is 17.3 Å². The van der Waals surface area contributed by atoms with Gasteiger partial charge in [-0.1, -0.05) is 23.7 Å². The normalized spacial score (nSPS) is 10.4. The largest absolute Gasteiger partial charge is 0.347 e. The van der Waals surface area contributed by atoms with E-state index in [0.29, 0.717) is 5.69 Å². The Balaban J connectivity index is 1.66. The van der Waals surface area contributed by atoms with Gasteiger partial charge in [-0.15, -0.1) is 0 Å². The molecule has 0 saturated carbocycles. The van der Waals surface area contributed by atoms with Gasteiger partial charge in [0.05, 0.1) is 5.02 Å². The number of halogens is 3. The van der Waals surface area contributed by atoms with Gasteiger partial charge >= 0.3 is 0 Å². The van der Waals surface area contributed by atoms with E-state index in [2.05, 4.69) is 20.6 Å². The van der Waals surface area contributed by atoms with Crippen molar-refractivity contribution < 1.29 is 13.6 Å². The lowest BCUT2D eigenvalue weighted by molar-refractivity contribution is 0.0946. The average molecular weight is 375 g/mol. The lowest BCUT2D eigenvalue weighted by atomic mass is 10.2. The van der Waals surface area contributed by atoms with Crippen molar-refractivity contribution in [3.8, 4) is 0 Å². The first-order valence-corrected chi connectivity index (χ1v) is 7.97. The number of hydrogen-bond acceptors (Lipinski definition) is 4. The Morgan fingerprint density at radius 1 is 1.08 bits per heavy atom. The molecule has 5 nitrogen and oxygen atoms in total. The van der Waals surface area contributed by atoms with Crippen LogP contribution in [0.3, 0.4) is 0 Å². The highest BCUT2D eigenvalue weighted by Crippen LogP contribution is 2.21. The van der Waals surface area contributed by atoms with Gasteiger partial charge in [0.25, 0.3) is 5.91 Å². The number of rotatable bonds is 5. The molecule has 8 heteroatoms. The van der Waals surface area contributed by atoms with E-state index in [1.54, 1.807) is 12.1 Å². The number of nitrogens with one attached hydrogen (secondary N) is 2. The minimum Gasteiger partial charge on any atom is -0.347 e. The van der Waals surface area contributed by atoms with E-state index in [0.717, 1.165) is 5.56 Å². The number of benzene rings is 2. The molecular formula is C18H13ClF2N4O. The second kappa shape index (κ2) is 7.88. The molecule has 3 rings (SSSR count). The van der Waals surface area contributed by atoms with Crippen LogP contribution in [0.4, 0.5) is 20.4 Å². The molecule has 0 atom stereocenters. The molecule has 132 valence electrons. The molecule has 1 amide bonds. The summed E-state index contributed by atoms with van der Waals surface area (Å²) >= 11 is 5.73. The van der Waals surface area contributed by atoms with Crippen LogP contribution in [0.5, 0.6) is 0 Å². The van der Waals surface area contributed by atoms with Gasteiger partial charge in [0.15, 0.2) is 0 Å². The molecule has 0 saturated heterocycles. The molecule has 2 N–H and O–H groups in total. The highest BCUT2D eigenvalue weighted by molar-refractivity contribution is 6.31. The summed E-state index contributed by atoms with van der Waals surface area (Å²) in [4.78, 5) is 20.3. The maximum Gasteiger partial charge on any atom is 0.270 e. The number of anilines is 2. The summed E-state index contributed by atoms with van der Waals surface area (Å²) in [5.74, 6) is -1.11. The maximum absolute atomic E-state index is 13.2. The summed E-state index contributed by atoms with van der Waals surface area (Å²) in [5.41, 5.74) is 1.39. The maximum atomic E-state index is 13.2. The standard InChI is InChI=1S/C18H13ClF2N4O/c19-14-9-13(5-6-15(14)21)24-18-22-8-7-16(25-18)17(26)23-10-11-1-3-12(20)4-2-11/h1-9H,10H2,(H,23,26)(H,22,24,25). The Morgan fingerprint density at radius 2 is 1.85 bits per heavy atom. The van der Waals surface area contributed by atoms with Crippen LogP contribution >= 0.6 is 11.6 Å². The van der Waals surface area contributed by atoms with E-state index >= 15 is 0 Å². The van der Waals surface area contributed by atoms with Crippen LogP contribution in [0.25, 0.3) is 0 Å². The number of nitrogens with zero attached hydrogens (tertiary/aromatic N) is 2. The Labute approximate surface area is 153 Å². The molecule has 0 unspecified atom stereocenters. The lowest BCUT2D eigenvalue weighted by Gasteiger charge is -2.08. The number of carbonyl (C=O) groups is 1. The molecule has 0 fully saturated rings. The van der Waals surface area contributed by atoms with Gasteiger partial charge in [0, 0.05) is 18.4 Å². The molecule has 0 bridgehead atoms. The average Bonchev–Trinajstić information content (AvgIpc) is 2.64. The van der Waals surface area contributed by atoms with Crippen LogP contribution in [0.2, 0.25) is 5.02 Å². The molecular weight excluding hydrogens is 362 g/mol. The predicted octanol–water partition coefficient (Wildman–Crippen LogP) is 4.08. The van der Waals surface area contributed by atoms with Crippen molar-refractivity contribution >= 4 is 29.1 Å². The number of aromatic nitrogens is 2. The quantitative estimate of drug-likeness (QED) is 0.706. The molecule has 0 aliphatic heterocycles. The first-order chi connectivity index (χ1) is 12.5. The summed E-state index contributed by atoms with van der Waals surface area (Å²) in [6.45, 7) is 0.236. The van der Waals surface area contributed by atoms with E-state index in [-0.39, 0.29) is 29.0 Å². The highest BCUT2D eigenvalue weighted by atomic mass is 35.5. The minimum absolute atomic E-state index is 0.0387. The van der Waals surface area contributed by atoms with E-state index in [1.807, 2.05) is 0 Å².